The van der Waals surface area contributed by atoms with Gasteiger partial charge in [-0.2, -0.15) is 0 Å². The predicted octanol–water partition coefficient (Wildman–Crippen LogP) is 6.11. The van der Waals surface area contributed by atoms with Gasteiger partial charge in [-0.15, -0.1) is 11.3 Å². The zero-order valence-electron chi connectivity index (χ0n) is 22.6. The summed E-state index contributed by atoms with van der Waals surface area (Å²) in [5.74, 6) is 1.04. The van der Waals surface area contributed by atoms with Crippen LogP contribution in [0, 0.1) is 27.7 Å². The van der Waals surface area contributed by atoms with E-state index in [2.05, 4.69) is 15.0 Å². The third-order valence-electron chi connectivity index (χ3n) is 5.06. The standard InChI is InChI=1S/C15H13N3O3S.C10H10N2O2S.CH3I.CH4/c1-9-5-11(6-14(20)21-9)15-10(2)17-12(22-15)7-13(19)18-4-3-16-8-18;1-5-3-7(4-8(13)14-5)9-6(2)12-10(11)15-9;1-2;/h3-6,8H,7H2,1-2H3;3-4H,1-2H3,(H2,11,12);1H3;1H4/i;;1D;. The Bertz CT molecular complexity index is 1710. The second-order valence-electron chi connectivity index (χ2n) is 8.08. The van der Waals surface area contributed by atoms with Gasteiger partial charge in [0.05, 0.1) is 27.6 Å². The molecule has 0 saturated carbocycles. The Morgan fingerprint density at radius 1 is 0.975 bits per heavy atom. The van der Waals surface area contributed by atoms with E-state index in [1.54, 1.807) is 38.4 Å². The molecule has 5 aromatic rings. The average Bonchev–Trinajstić information content (AvgIpc) is 3.59. The van der Waals surface area contributed by atoms with Crippen LogP contribution in [0.2, 0.25) is 0 Å². The van der Waals surface area contributed by atoms with E-state index in [1.165, 1.54) is 45.7 Å². The maximum absolute atomic E-state index is 12.1. The molecule has 13 heteroatoms. The van der Waals surface area contributed by atoms with Crippen molar-refractivity contribution < 1.29 is 15.0 Å². The van der Waals surface area contributed by atoms with E-state index in [9.17, 15) is 14.4 Å². The Labute approximate surface area is 254 Å². The summed E-state index contributed by atoms with van der Waals surface area (Å²) in [6, 6.07) is 6.49. The molecule has 0 aliphatic carbocycles. The number of halogens is 1. The van der Waals surface area contributed by atoms with E-state index in [0.29, 0.717) is 26.6 Å². The molecule has 0 unspecified atom stereocenters. The number of carbonyl (C=O) groups is 1. The molecule has 10 nitrogen and oxygen atoms in total. The first-order valence-corrected chi connectivity index (χ1v) is 14.5. The highest BCUT2D eigenvalue weighted by Gasteiger charge is 2.15. The summed E-state index contributed by atoms with van der Waals surface area (Å²) in [4.78, 5) is 49.4. The molecule has 0 bridgehead atoms. The number of nitrogens with zero attached hydrogens (tertiary/aromatic N) is 4. The normalized spacial score (nSPS) is 10.4. The van der Waals surface area contributed by atoms with E-state index >= 15 is 0 Å². The predicted molar refractivity (Wildman–Crippen MR) is 169 cm³/mol. The fourth-order valence-electron chi connectivity index (χ4n) is 3.58. The molecule has 0 fully saturated rings. The van der Waals surface area contributed by atoms with E-state index in [1.807, 2.05) is 36.4 Å². The van der Waals surface area contributed by atoms with Crippen molar-refractivity contribution in [3.8, 4) is 20.9 Å². The van der Waals surface area contributed by atoms with Crippen LogP contribution in [0.4, 0.5) is 5.13 Å². The van der Waals surface area contributed by atoms with Crippen LogP contribution in [0.1, 0.15) is 41.5 Å². The van der Waals surface area contributed by atoms with Gasteiger partial charge in [-0.25, -0.2) is 24.5 Å². The van der Waals surface area contributed by atoms with Crippen molar-refractivity contribution in [1.29, 1.82) is 0 Å². The van der Waals surface area contributed by atoms with E-state index in [4.69, 9.17) is 15.9 Å². The molecular formula is C27H30IN5O5S2. The first-order valence-electron chi connectivity index (χ1n) is 12.0. The summed E-state index contributed by atoms with van der Waals surface area (Å²) in [6.07, 6.45) is 4.83. The van der Waals surface area contributed by atoms with Gasteiger partial charge in [0.1, 0.15) is 22.9 Å². The lowest BCUT2D eigenvalue weighted by Gasteiger charge is -1.98. The Morgan fingerprint density at radius 2 is 1.50 bits per heavy atom. The first kappa shape index (κ1) is 31.1. The molecule has 5 rings (SSSR count). The largest absolute Gasteiger partial charge is 0.428 e. The van der Waals surface area contributed by atoms with Gasteiger partial charge in [-0.05, 0) is 44.7 Å². The van der Waals surface area contributed by atoms with Crippen molar-refractivity contribution in [3.63, 3.8) is 0 Å². The number of aromatic nitrogens is 4. The average molecular weight is 697 g/mol. The molecule has 0 amide bonds. The van der Waals surface area contributed by atoms with Crippen LogP contribution in [0.15, 0.2) is 61.4 Å². The number of hydrogen-bond acceptors (Lipinski definition) is 11. The molecule has 2 N–H and O–H groups in total. The van der Waals surface area contributed by atoms with E-state index < -0.39 is 0 Å². The number of alkyl halides is 1. The molecule has 40 heavy (non-hydrogen) atoms. The molecule has 0 spiro atoms. The quantitative estimate of drug-likeness (QED) is 0.174. The number of imidazole rings is 1. The van der Waals surface area contributed by atoms with Gasteiger partial charge in [-0.3, -0.25) is 9.36 Å². The van der Waals surface area contributed by atoms with Crippen LogP contribution in [-0.2, 0) is 6.42 Å². The molecule has 212 valence electrons. The Hall–Kier alpha value is -3.43. The molecule has 0 aliphatic heterocycles. The summed E-state index contributed by atoms with van der Waals surface area (Å²) in [6.45, 7) is 7.20. The van der Waals surface area contributed by atoms with Crippen molar-refractivity contribution in [2.45, 2.75) is 41.5 Å². The van der Waals surface area contributed by atoms with Gasteiger partial charge in [0.25, 0.3) is 0 Å². The van der Waals surface area contributed by atoms with Crippen LogP contribution < -0.4 is 17.0 Å². The molecule has 0 radical (unpaired) electrons. The summed E-state index contributed by atoms with van der Waals surface area (Å²) in [5, 5.41) is 1.21. The number of anilines is 1. The topological polar surface area (TPSA) is 147 Å². The zero-order chi connectivity index (χ0) is 29.4. The van der Waals surface area contributed by atoms with Crippen molar-refractivity contribution in [3.05, 3.63) is 91.7 Å². The summed E-state index contributed by atoms with van der Waals surface area (Å²) >= 11 is 4.74. The monoisotopic (exact) mass is 696 g/mol. The number of thiazole rings is 2. The fraction of sp³-hybridized carbons (Fsp3) is 0.259. The zero-order valence-corrected chi connectivity index (χ0v) is 25.3. The second kappa shape index (κ2) is 14.8. The Morgan fingerprint density at radius 3 is 1.95 bits per heavy atom. The van der Waals surface area contributed by atoms with Crippen molar-refractivity contribution >= 4 is 56.3 Å². The smallest absolute Gasteiger partial charge is 0.336 e. The lowest BCUT2D eigenvalue weighted by molar-refractivity contribution is 0.0914. The van der Waals surface area contributed by atoms with Gasteiger partial charge in [0, 0.05) is 37.0 Å². The highest BCUT2D eigenvalue weighted by atomic mass is 127. The van der Waals surface area contributed by atoms with Crippen LogP contribution >= 0.6 is 45.3 Å². The third kappa shape index (κ3) is 8.53. The van der Waals surface area contributed by atoms with Gasteiger partial charge in [-0.1, -0.05) is 41.4 Å². The Kier molecular flexibility index (Phi) is 11.5. The van der Waals surface area contributed by atoms with E-state index in [0.717, 1.165) is 32.3 Å². The number of nitrogens with two attached hydrogens (primary N) is 1. The van der Waals surface area contributed by atoms with Gasteiger partial charge in [0.2, 0.25) is 5.91 Å². The molecule has 5 heterocycles. The lowest BCUT2D eigenvalue weighted by atomic mass is 10.2. The molecule has 0 saturated heterocycles. The number of rotatable bonds is 4. The minimum absolute atomic E-state index is 0. The van der Waals surface area contributed by atoms with Crippen LogP contribution in [0.3, 0.4) is 0 Å². The molecule has 0 aromatic carbocycles. The third-order valence-corrected chi connectivity index (χ3v) is 7.30. The van der Waals surface area contributed by atoms with Gasteiger partial charge in [0.15, 0.2) is 5.13 Å². The summed E-state index contributed by atoms with van der Waals surface area (Å²) < 4.78 is 17.5. The van der Waals surface area contributed by atoms with Crippen molar-refractivity contribution in [1.82, 2.24) is 19.5 Å². The highest BCUT2D eigenvalue weighted by Crippen LogP contribution is 2.31. The second-order valence-corrected chi connectivity index (χ2v) is 10.2. The van der Waals surface area contributed by atoms with Crippen molar-refractivity contribution in [2.75, 3.05) is 10.6 Å². The maximum Gasteiger partial charge on any atom is 0.336 e. The highest BCUT2D eigenvalue weighted by molar-refractivity contribution is 14.1. The Balaban J connectivity index is 0.000000270. The van der Waals surface area contributed by atoms with E-state index in [-0.39, 0.29) is 31.0 Å². The van der Waals surface area contributed by atoms with Crippen LogP contribution in [0.5, 0.6) is 0 Å². The molecular weight excluding hydrogens is 665 g/mol. The molecule has 0 aliphatic rings. The minimum atomic E-state index is -0.390. The van der Waals surface area contributed by atoms with Crippen molar-refractivity contribution in [2.24, 2.45) is 0 Å². The SMILES string of the molecule is C.Cc1cc(-c2sc(CC(=O)n3ccnc3)nc2C)cc(=O)o1.Cc1cc(-c2sc(N)nc2C)cc(=O)o1.[2H]CI. The minimum Gasteiger partial charge on any atom is -0.428 e. The van der Waals surface area contributed by atoms with Crippen LogP contribution in [-0.4, -0.2) is 30.3 Å². The number of aryl methyl sites for hydroxylation is 4. The molecule has 5 aromatic heterocycles. The summed E-state index contributed by atoms with van der Waals surface area (Å²) in [5.41, 5.74) is 8.07. The van der Waals surface area contributed by atoms with Crippen LogP contribution in [0.25, 0.3) is 20.9 Å². The fourth-order valence-corrected chi connectivity index (χ4v) is 5.44. The first-order chi connectivity index (χ1) is 19.0. The number of hydrogen-bond donors (Lipinski definition) is 1. The van der Waals surface area contributed by atoms with Gasteiger partial charge < -0.3 is 14.6 Å². The number of nitrogen functional groups attached to an aromatic ring is 1. The number of carbonyl (C=O) groups excluding carboxylic acids is 1. The lowest BCUT2D eigenvalue weighted by Crippen LogP contribution is -2.11. The van der Waals surface area contributed by atoms with Gasteiger partial charge >= 0.3 is 11.3 Å². The summed E-state index contributed by atoms with van der Waals surface area (Å²) in [7, 11) is 0. The maximum atomic E-state index is 12.1. The molecule has 0 atom stereocenters.